The summed E-state index contributed by atoms with van der Waals surface area (Å²) in [5, 5.41) is 11.2. The topological polar surface area (TPSA) is 108 Å². The molecule has 370 valence electrons. The summed E-state index contributed by atoms with van der Waals surface area (Å²) < 4.78 is 27.2. The van der Waals surface area contributed by atoms with Gasteiger partial charge in [0.2, 0.25) is 0 Å². The molecule has 10 aromatic rings. The molecule has 4 aliphatic heterocycles. The van der Waals surface area contributed by atoms with Crippen LogP contribution in [0.1, 0.15) is 105 Å². The van der Waals surface area contributed by atoms with Gasteiger partial charge >= 0.3 is 11.9 Å². The Kier molecular flexibility index (Phi) is 9.80. The van der Waals surface area contributed by atoms with E-state index in [1.165, 1.54) is 0 Å². The predicted octanol–water partition coefficient (Wildman–Crippen LogP) is 15.8. The highest BCUT2D eigenvalue weighted by Crippen LogP contribution is 2.60. The van der Waals surface area contributed by atoms with Crippen molar-refractivity contribution in [1.82, 2.24) is 4.98 Å². The second-order valence-corrected chi connectivity index (χ2v) is 22.1. The minimum Gasteiger partial charge on any atom is -0.456 e. The molecule has 2 unspecified atom stereocenters. The van der Waals surface area contributed by atoms with Crippen LogP contribution in [0.3, 0.4) is 0 Å². The average Bonchev–Trinajstić information content (AvgIpc) is 4.12. The Morgan fingerprint density at radius 2 is 1.00 bits per heavy atom. The second-order valence-electron chi connectivity index (χ2n) is 22.1. The fourth-order valence-corrected chi connectivity index (χ4v) is 12.1. The van der Waals surface area contributed by atoms with Gasteiger partial charge in [-0.15, -0.1) is 0 Å². The van der Waals surface area contributed by atoms with Crippen molar-refractivity contribution in [1.29, 1.82) is 0 Å². The fraction of sp³-hybridized carbons (Fsp3) is 0.149. The SMILES string of the molecule is CC(C)(C)c1cc(Nc2ccc3c(c2)Oc2c(ccc4ccccc24)C32OC(=O)c3ccccc32)cc(C(C)(C)Cc2cccc3c2C(=O)OC32c3ccc(Nc4ccncc4)cc3Oc3c2ccc2ccccc32)c1. The van der Waals surface area contributed by atoms with Gasteiger partial charge in [-0.2, -0.15) is 0 Å². The second kappa shape index (κ2) is 16.4. The van der Waals surface area contributed by atoms with Gasteiger partial charge < -0.3 is 29.6 Å². The molecule has 9 heteroatoms. The van der Waals surface area contributed by atoms with Crippen LogP contribution in [0.5, 0.6) is 23.0 Å². The molecule has 0 saturated carbocycles. The quantitative estimate of drug-likeness (QED) is 0.151. The summed E-state index contributed by atoms with van der Waals surface area (Å²) in [6.07, 6.45) is 4.04. The van der Waals surface area contributed by atoms with E-state index in [1.54, 1.807) is 12.4 Å². The largest absolute Gasteiger partial charge is 0.456 e. The van der Waals surface area contributed by atoms with Crippen LogP contribution in [0.2, 0.25) is 0 Å². The lowest BCUT2D eigenvalue weighted by Crippen LogP contribution is -2.33. The number of nitrogens with zero attached hydrogens (tertiary/aromatic N) is 1. The fourth-order valence-electron chi connectivity index (χ4n) is 12.1. The first-order chi connectivity index (χ1) is 36.8. The predicted molar refractivity (Wildman–Crippen MR) is 297 cm³/mol. The molecule has 76 heavy (non-hydrogen) atoms. The van der Waals surface area contributed by atoms with Crippen LogP contribution in [0.25, 0.3) is 21.5 Å². The van der Waals surface area contributed by atoms with Gasteiger partial charge in [0, 0.05) is 91.4 Å². The van der Waals surface area contributed by atoms with Crippen LogP contribution in [0.15, 0.2) is 194 Å². The number of anilines is 4. The van der Waals surface area contributed by atoms with E-state index in [0.717, 1.165) is 94.4 Å². The van der Waals surface area contributed by atoms with E-state index >= 15 is 0 Å². The Morgan fingerprint density at radius 3 is 1.64 bits per heavy atom. The number of esters is 2. The van der Waals surface area contributed by atoms with Crippen molar-refractivity contribution in [2.75, 3.05) is 10.6 Å². The highest BCUT2D eigenvalue weighted by atomic mass is 16.6. The van der Waals surface area contributed by atoms with Gasteiger partial charge in [-0.05, 0) is 111 Å². The number of rotatable bonds is 7. The van der Waals surface area contributed by atoms with E-state index in [9.17, 15) is 9.59 Å². The van der Waals surface area contributed by atoms with Gasteiger partial charge in [-0.25, -0.2) is 9.59 Å². The lowest BCUT2D eigenvalue weighted by Gasteiger charge is -2.37. The minimum absolute atomic E-state index is 0.204. The molecule has 0 radical (unpaired) electrons. The number of hydrogen-bond donors (Lipinski definition) is 2. The number of carbonyl (C=O) groups is 2. The third-order valence-corrected chi connectivity index (χ3v) is 15.9. The van der Waals surface area contributed by atoms with Crippen molar-refractivity contribution in [3.8, 4) is 23.0 Å². The van der Waals surface area contributed by atoms with Crippen LogP contribution >= 0.6 is 0 Å². The Labute approximate surface area is 440 Å². The Morgan fingerprint density at radius 1 is 0.461 bits per heavy atom. The molecule has 9 nitrogen and oxygen atoms in total. The normalized spacial score (nSPS) is 17.6. The molecular weight excluding hydrogens is 943 g/mol. The maximum Gasteiger partial charge on any atom is 0.340 e. The highest BCUT2D eigenvalue weighted by molar-refractivity contribution is 6.01. The van der Waals surface area contributed by atoms with Crippen molar-refractivity contribution in [2.45, 2.75) is 63.1 Å². The van der Waals surface area contributed by atoms with Crippen LogP contribution < -0.4 is 20.1 Å². The van der Waals surface area contributed by atoms with Gasteiger partial charge in [-0.1, -0.05) is 138 Å². The van der Waals surface area contributed by atoms with Crippen molar-refractivity contribution in [3.05, 3.63) is 256 Å². The molecule has 0 fully saturated rings. The number of hydrogen-bond acceptors (Lipinski definition) is 9. The molecule has 9 aromatic carbocycles. The van der Waals surface area contributed by atoms with Gasteiger partial charge in [0.25, 0.3) is 0 Å². The molecule has 2 N–H and O–H groups in total. The summed E-state index contributed by atoms with van der Waals surface area (Å²) >= 11 is 0. The van der Waals surface area contributed by atoms with E-state index in [4.69, 9.17) is 18.9 Å². The van der Waals surface area contributed by atoms with Crippen LogP contribution in [0.4, 0.5) is 22.7 Å². The molecule has 14 rings (SSSR count). The molecule has 0 aliphatic carbocycles. The Balaban J connectivity index is 0.843. The summed E-state index contributed by atoms with van der Waals surface area (Å²) in [7, 11) is 0. The molecule has 0 bridgehead atoms. The van der Waals surface area contributed by atoms with Crippen molar-refractivity contribution < 1.29 is 28.5 Å². The zero-order valence-electron chi connectivity index (χ0n) is 42.6. The van der Waals surface area contributed by atoms with Gasteiger partial charge in [0.05, 0.1) is 11.1 Å². The number of pyridine rings is 1. The summed E-state index contributed by atoms with van der Waals surface area (Å²) in [5.41, 5.74) is 9.20. The van der Waals surface area contributed by atoms with Gasteiger partial charge in [-0.3, -0.25) is 4.98 Å². The molecule has 1 aromatic heterocycles. The third-order valence-electron chi connectivity index (χ3n) is 15.9. The molecule has 0 amide bonds. The number of aromatic nitrogens is 1. The number of carbonyl (C=O) groups excluding carboxylic acids is 2. The van der Waals surface area contributed by atoms with Gasteiger partial charge in [0.1, 0.15) is 23.0 Å². The molecule has 5 heterocycles. The first-order valence-corrected chi connectivity index (χ1v) is 25.8. The van der Waals surface area contributed by atoms with Crippen LogP contribution in [-0.4, -0.2) is 16.9 Å². The van der Waals surface area contributed by atoms with E-state index < -0.39 is 16.6 Å². The first-order valence-electron chi connectivity index (χ1n) is 25.8. The molecular formula is C67H51N3O6. The van der Waals surface area contributed by atoms with Crippen molar-refractivity contribution in [3.63, 3.8) is 0 Å². The maximum absolute atomic E-state index is 14.9. The zero-order valence-corrected chi connectivity index (χ0v) is 42.6. The van der Waals surface area contributed by atoms with Crippen LogP contribution in [0, 0.1) is 0 Å². The number of nitrogens with one attached hydrogen (secondary N) is 2. The Hall–Kier alpha value is -9.21. The lowest BCUT2D eigenvalue weighted by molar-refractivity contribution is 0.0215. The summed E-state index contributed by atoms with van der Waals surface area (Å²) in [4.78, 5) is 32.8. The first kappa shape index (κ1) is 45.4. The van der Waals surface area contributed by atoms with E-state index in [-0.39, 0.29) is 17.4 Å². The summed E-state index contributed by atoms with van der Waals surface area (Å²) in [6, 6.07) is 60.9. The standard InChI is InChI=1S/C67H51N3O6/c1-64(2,3)42-33-43(35-47(34-42)70-46-24-27-52-57(37-46)73-60-48-16-8-6-13-39(48)21-25-55(60)66(52)51-19-11-10-18-50(51)62(71)75-66)65(4,5)38-41-15-12-20-54-59(41)63(72)76-67(54)53-28-23-45(69-44-29-31-68-32-30-44)36-58(53)74-61-49-17-9-7-14-40(49)22-26-56(61)67/h6-37,70H,38H2,1-5H3,(H,68,69). The van der Waals surface area contributed by atoms with Crippen molar-refractivity contribution in [2.24, 2.45) is 0 Å². The van der Waals surface area contributed by atoms with Crippen LogP contribution in [-0.2, 0) is 37.9 Å². The zero-order chi connectivity index (χ0) is 51.7. The highest BCUT2D eigenvalue weighted by Gasteiger charge is 2.56. The van der Waals surface area contributed by atoms with Gasteiger partial charge in [0.15, 0.2) is 11.2 Å². The monoisotopic (exact) mass is 993 g/mol. The maximum atomic E-state index is 14.9. The molecule has 2 atom stereocenters. The summed E-state index contributed by atoms with van der Waals surface area (Å²) in [6.45, 7) is 11.2. The minimum atomic E-state index is -1.27. The lowest BCUT2D eigenvalue weighted by atomic mass is 9.73. The average molecular weight is 994 g/mol. The smallest absolute Gasteiger partial charge is 0.340 e. The van der Waals surface area contributed by atoms with Crippen molar-refractivity contribution >= 4 is 56.2 Å². The number of fused-ring (bicyclic) bond motifs is 16. The number of benzene rings is 9. The number of ether oxygens (including phenoxy) is 4. The molecule has 0 saturated heterocycles. The third kappa shape index (κ3) is 6.81. The van der Waals surface area contributed by atoms with E-state index in [0.29, 0.717) is 40.5 Å². The molecule has 4 aliphatic rings. The molecule has 2 spiro atoms. The van der Waals surface area contributed by atoms with E-state index in [1.807, 2.05) is 121 Å². The summed E-state index contributed by atoms with van der Waals surface area (Å²) in [5.74, 6) is 1.78. The van der Waals surface area contributed by atoms with E-state index in [2.05, 4.69) is 111 Å². The Bertz CT molecular complexity index is 4120.